The number of ether oxygens (including phenoxy) is 3. The molecule has 0 bridgehead atoms. The lowest BCUT2D eigenvalue weighted by molar-refractivity contribution is -0.286. The molecule has 0 saturated heterocycles. The van der Waals surface area contributed by atoms with Crippen molar-refractivity contribution in [1.29, 1.82) is 0 Å². The first kappa shape index (κ1) is 22.7. The van der Waals surface area contributed by atoms with Gasteiger partial charge >= 0.3 is 17.9 Å². The van der Waals surface area contributed by atoms with Crippen molar-refractivity contribution in [3.05, 3.63) is 11.1 Å². The van der Waals surface area contributed by atoms with Crippen LogP contribution in [0, 0.1) is 17.3 Å². The Morgan fingerprint density at radius 2 is 1.93 bits per heavy atom. The molecule has 7 atom stereocenters. The standard InChI is InChI=1S/C22H32O8/c1-7-11(2)18(24)29-17-16-12(3)19(25)30-22(16,27)10-21(26)9-8-15(28-14(5)23)13(4)20(17,21)6/h11,13,15,17,26-27H,7-10H2,1-6H3/t11?,13-,15-,17+,20-,21-,22-/m0/s1. The van der Waals surface area contributed by atoms with Gasteiger partial charge in [0.1, 0.15) is 12.2 Å². The molecule has 0 radical (unpaired) electrons. The quantitative estimate of drug-likeness (QED) is 0.520. The van der Waals surface area contributed by atoms with Gasteiger partial charge in [-0.3, -0.25) is 9.59 Å². The van der Waals surface area contributed by atoms with Gasteiger partial charge in [-0.05, 0) is 26.2 Å². The monoisotopic (exact) mass is 424 g/mol. The van der Waals surface area contributed by atoms with Gasteiger partial charge < -0.3 is 24.4 Å². The van der Waals surface area contributed by atoms with Gasteiger partial charge in [0.05, 0.1) is 17.1 Å². The van der Waals surface area contributed by atoms with E-state index >= 15 is 0 Å². The van der Waals surface area contributed by atoms with Crippen LogP contribution in [0.3, 0.4) is 0 Å². The second-order valence-corrected chi connectivity index (χ2v) is 9.31. The molecule has 0 aromatic rings. The van der Waals surface area contributed by atoms with E-state index in [1.807, 2.05) is 13.8 Å². The van der Waals surface area contributed by atoms with Crippen LogP contribution in [0.1, 0.15) is 67.2 Å². The lowest BCUT2D eigenvalue weighted by Gasteiger charge is -2.61. The molecule has 8 heteroatoms. The molecule has 3 aliphatic rings. The summed E-state index contributed by atoms with van der Waals surface area (Å²) in [4.78, 5) is 36.8. The van der Waals surface area contributed by atoms with Gasteiger partial charge in [-0.25, -0.2) is 4.79 Å². The number of rotatable bonds is 4. The van der Waals surface area contributed by atoms with Crippen LogP contribution in [-0.2, 0) is 28.6 Å². The van der Waals surface area contributed by atoms with Crippen molar-refractivity contribution in [3.63, 3.8) is 0 Å². The van der Waals surface area contributed by atoms with E-state index < -0.39 is 58.8 Å². The summed E-state index contributed by atoms with van der Waals surface area (Å²) < 4.78 is 16.7. The fraction of sp³-hybridized carbons (Fsp3) is 0.773. The summed E-state index contributed by atoms with van der Waals surface area (Å²) in [7, 11) is 0. The molecule has 8 nitrogen and oxygen atoms in total. The Morgan fingerprint density at radius 1 is 1.30 bits per heavy atom. The summed E-state index contributed by atoms with van der Waals surface area (Å²) >= 11 is 0. The molecule has 0 spiro atoms. The average molecular weight is 424 g/mol. The highest BCUT2D eigenvalue weighted by Crippen LogP contribution is 2.62. The molecule has 2 saturated carbocycles. The molecule has 2 aliphatic carbocycles. The highest BCUT2D eigenvalue weighted by atomic mass is 16.7. The van der Waals surface area contributed by atoms with Crippen molar-refractivity contribution in [1.82, 2.24) is 0 Å². The van der Waals surface area contributed by atoms with E-state index in [0.29, 0.717) is 12.8 Å². The summed E-state index contributed by atoms with van der Waals surface area (Å²) in [5.41, 5.74) is -2.28. The first-order chi connectivity index (χ1) is 13.8. The number of carbonyl (C=O) groups is 3. The average Bonchev–Trinajstić information content (AvgIpc) is 2.87. The van der Waals surface area contributed by atoms with Crippen LogP contribution >= 0.6 is 0 Å². The van der Waals surface area contributed by atoms with Crippen molar-refractivity contribution in [2.24, 2.45) is 17.3 Å². The minimum absolute atomic E-state index is 0.171. The molecule has 3 rings (SSSR count). The molecule has 2 fully saturated rings. The highest BCUT2D eigenvalue weighted by Gasteiger charge is 2.72. The predicted octanol–water partition coefficient (Wildman–Crippen LogP) is 2.01. The Bertz CT molecular complexity index is 803. The van der Waals surface area contributed by atoms with Crippen molar-refractivity contribution < 1.29 is 38.8 Å². The van der Waals surface area contributed by atoms with Crippen LogP contribution < -0.4 is 0 Å². The van der Waals surface area contributed by atoms with Gasteiger partial charge in [0.2, 0.25) is 5.79 Å². The first-order valence-electron chi connectivity index (χ1n) is 10.6. The maximum Gasteiger partial charge on any atom is 0.336 e. The van der Waals surface area contributed by atoms with E-state index in [9.17, 15) is 24.6 Å². The van der Waals surface area contributed by atoms with Gasteiger partial charge in [-0.1, -0.05) is 27.7 Å². The zero-order chi connectivity index (χ0) is 22.6. The molecule has 0 amide bonds. The Hall–Kier alpha value is -1.93. The minimum Gasteiger partial charge on any atom is -0.462 e. The smallest absolute Gasteiger partial charge is 0.336 e. The number of aliphatic hydroxyl groups is 2. The van der Waals surface area contributed by atoms with Crippen LogP contribution in [0.5, 0.6) is 0 Å². The maximum atomic E-state index is 12.8. The molecule has 0 aromatic carbocycles. The molecular weight excluding hydrogens is 392 g/mol. The van der Waals surface area contributed by atoms with Crippen LogP contribution in [-0.4, -0.2) is 51.7 Å². The topological polar surface area (TPSA) is 119 Å². The van der Waals surface area contributed by atoms with Crippen molar-refractivity contribution in [2.75, 3.05) is 0 Å². The largest absolute Gasteiger partial charge is 0.462 e. The number of esters is 3. The summed E-state index contributed by atoms with van der Waals surface area (Å²) in [6.07, 6.45) is -0.722. The van der Waals surface area contributed by atoms with Crippen molar-refractivity contribution >= 4 is 17.9 Å². The molecule has 168 valence electrons. The Morgan fingerprint density at radius 3 is 2.50 bits per heavy atom. The summed E-state index contributed by atoms with van der Waals surface area (Å²) in [6, 6.07) is 0. The Balaban J connectivity index is 2.15. The molecule has 0 aromatic heterocycles. The van der Waals surface area contributed by atoms with Crippen LogP contribution in [0.4, 0.5) is 0 Å². The zero-order valence-electron chi connectivity index (χ0n) is 18.5. The molecule has 1 heterocycles. The van der Waals surface area contributed by atoms with E-state index in [2.05, 4.69) is 0 Å². The summed E-state index contributed by atoms with van der Waals surface area (Å²) in [6.45, 7) is 10.0. The normalized spacial score (nSPS) is 41.5. The van der Waals surface area contributed by atoms with E-state index in [4.69, 9.17) is 14.2 Å². The third-order valence-electron chi connectivity index (χ3n) is 7.65. The second-order valence-electron chi connectivity index (χ2n) is 9.31. The van der Waals surface area contributed by atoms with E-state index in [1.54, 1.807) is 13.8 Å². The highest BCUT2D eigenvalue weighted by molar-refractivity contribution is 5.93. The van der Waals surface area contributed by atoms with Gasteiger partial charge in [0, 0.05) is 30.3 Å². The Labute approximate surface area is 176 Å². The van der Waals surface area contributed by atoms with E-state index in [-0.39, 0.29) is 24.0 Å². The number of fused-ring (bicyclic) bond motifs is 2. The van der Waals surface area contributed by atoms with Gasteiger partial charge in [-0.2, -0.15) is 0 Å². The van der Waals surface area contributed by atoms with E-state index in [0.717, 1.165) is 0 Å². The second kappa shape index (κ2) is 7.34. The minimum atomic E-state index is -2.04. The number of carbonyl (C=O) groups excluding carboxylic acids is 3. The van der Waals surface area contributed by atoms with Crippen LogP contribution in [0.25, 0.3) is 0 Å². The molecule has 2 N–H and O–H groups in total. The number of hydrogen-bond acceptors (Lipinski definition) is 8. The predicted molar refractivity (Wildman–Crippen MR) is 105 cm³/mol. The van der Waals surface area contributed by atoms with E-state index in [1.165, 1.54) is 13.8 Å². The lowest BCUT2D eigenvalue weighted by Crippen LogP contribution is -2.70. The van der Waals surface area contributed by atoms with Crippen molar-refractivity contribution in [3.8, 4) is 0 Å². The summed E-state index contributed by atoms with van der Waals surface area (Å²) in [5, 5.41) is 22.9. The number of hydrogen-bond donors (Lipinski definition) is 2. The van der Waals surface area contributed by atoms with Crippen LogP contribution in [0.15, 0.2) is 11.1 Å². The van der Waals surface area contributed by atoms with Crippen LogP contribution in [0.2, 0.25) is 0 Å². The third-order valence-corrected chi connectivity index (χ3v) is 7.65. The molecule has 30 heavy (non-hydrogen) atoms. The Kier molecular flexibility index (Phi) is 5.56. The molecule has 1 unspecified atom stereocenters. The lowest BCUT2D eigenvalue weighted by atomic mass is 9.49. The van der Waals surface area contributed by atoms with Gasteiger partial charge in [-0.15, -0.1) is 0 Å². The molecular formula is C22H32O8. The third kappa shape index (κ3) is 3.15. The summed E-state index contributed by atoms with van der Waals surface area (Å²) in [5.74, 6) is -4.49. The van der Waals surface area contributed by atoms with Crippen molar-refractivity contribution in [2.45, 2.75) is 90.8 Å². The maximum absolute atomic E-state index is 12.8. The fourth-order valence-corrected chi connectivity index (χ4v) is 5.34. The molecule has 1 aliphatic heterocycles. The zero-order valence-corrected chi connectivity index (χ0v) is 18.5. The first-order valence-corrected chi connectivity index (χ1v) is 10.6. The SMILES string of the molecule is CCC(C)C(=O)O[C@@H]1C2=C(C)C(=O)O[C@@]2(O)C[C@@]2(O)CC[C@H](OC(C)=O)[C@H](C)[C@@]12C. The van der Waals surface area contributed by atoms with Gasteiger partial charge in [0.15, 0.2) is 0 Å². The van der Waals surface area contributed by atoms with Gasteiger partial charge in [0.25, 0.3) is 0 Å². The fourth-order valence-electron chi connectivity index (χ4n) is 5.34.